The molecule has 3 rings (SSSR count). The SMILES string of the molecule is CO[C@H]1CCN(Cc2csc(C)n2)C[C@H]1Cc1ccccc1F. The zero-order chi connectivity index (χ0) is 16.2. The normalized spacial score (nSPS) is 22.4. The van der Waals surface area contributed by atoms with Crippen LogP contribution in [0.2, 0.25) is 0 Å². The number of benzene rings is 1. The number of rotatable bonds is 5. The van der Waals surface area contributed by atoms with Crippen LogP contribution >= 0.6 is 11.3 Å². The van der Waals surface area contributed by atoms with Crippen molar-refractivity contribution in [3.05, 3.63) is 51.7 Å². The van der Waals surface area contributed by atoms with E-state index in [1.54, 1.807) is 24.5 Å². The topological polar surface area (TPSA) is 25.4 Å². The molecule has 0 unspecified atom stereocenters. The van der Waals surface area contributed by atoms with E-state index in [2.05, 4.69) is 15.3 Å². The summed E-state index contributed by atoms with van der Waals surface area (Å²) in [5.74, 6) is 0.194. The molecule has 0 N–H and O–H groups in total. The predicted octanol–water partition coefficient (Wildman–Crippen LogP) is 3.67. The molecule has 1 aliphatic heterocycles. The molecule has 0 bridgehead atoms. The maximum absolute atomic E-state index is 14.0. The third kappa shape index (κ3) is 4.16. The number of piperidine rings is 1. The number of halogens is 1. The molecule has 1 aliphatic rings. The summed E-state index contributed by atoms with van der Waals surface area (Å²) in [4.78, 5) is 6.96. The fourth-order valence-electron chi connectivity index (χ4n) is 3.39. The first-order valence-corrected chi connectivity index (χ1v) is 8.93. The van der Waals surface area contributed by atoms with Crippen molar-refractivity contribution in [3.8, 4) is 0 Å². The third-order valence-corrected chi connectivity index (χ3v) is 5.37. The molecule has 23 heavy (non-hydrogen) atoms. The molecule has 1 saturated heterocycles. The maximum atomic E-state index is 14.0. The van der Waals surface area contributed by atoms with E-state index in [-0.39, 0.29) is 11.9 Å². The Morgan fingerprint density at radius 1 is 1.39 bits per heavy atom. The Morgan fingerprint density at radius 2 is 2.22 bits per heavy atom. The van der Waals surface area contributed by atoms with Crippen LogP contribution in [0.25, 0.3) is 0 Å². The van der Waals surface area contributed by atoms with Gasteiger partial charge in [0.05, 0.1) is 16.8 Å². The monoisotopic (exact) mass is 334 g/mol. The molecule has 0 amide bonds. The first kappa shape index (κ1) is 16.6. The molecule has 0 spiro atoms. The van der Waals surface area contributed by atoms with Gasteiger partial charge in [0.25, 0.3) is 0 Å². The fourth-order valence-corrected chi connectivity index (χ4v) is 4.00. The smallest absolute Gasteiger partial charge is 0.126 e. The molecular weight excluding hydrogens is 311 g/mol. The van der Waals surface area contributed by atoms with Crippen LogP contribution in [0.3, 0.4) is 0 Å². The lowest BCUT2D eigenvalue weighted by Gasteiger charge is -2.37. The minimum Gasteiger partial charge on any atom is -0.381 e. The lowest BCUT2D eigenvalue weighted by atomic mass is 9.88. The molecule has 124 valence electrons. The van der Waals surface area contributed by atoms with E-state index in [9.17, 15) is 4.39 Å². The van der Waals surface area contributed by atoms with Gasteiger partial charge in [0.1, 0.15) is 5.82 Å². The van der Waals surface area contributed by atoms with Crippen molar-refractivity contribution in [1.29, 1.82) is 0 Å². The minimum absolute atomic E-state index is 0.116. The van der Waals surface area contributed by atoms with Crippen molar-refractivity contribution in [2.75, 3.05) is 20.2 Å². The molecule has 1 aromatic carbocycles. The molecule has 0 radical (unpaired) electrons. The van der Waals surface area contributed by atoms with Crippen LogP contribution < -0.4 is 0 Å². The van der Waals surface area contributed by atoms with E-state index in [0.29, 0.717) is 5.92 Å². The third-order valence-electron chi connectivity index (χ3n) is 4.54. The van der Waals surface area contributed by atoms with Gasteiger partial charge in [0, 0.05) is 38.0 Å². The number of aromatic nitrogens is 1. The highest BCUT2D eigenvalue weighted by Crippen LogP contribution is 2.26. The zero-order valence-electron chi connectivity index (χ0n) is 13.7. The van der Waals surface area contributed by atoms with Crippen LogP contribution in [0.5, 0.6) is 0 Å². The molecular formula is C18H23FN2OS. The number of nitrogens with zero attached hydrogens (tertiary/aromatic N) is 2. The average molecular weight is 334 g/mol. The van der Waals surface area contributed by atoms with Crippen LogP contribution in [0.1, 0.15) is 22.7 Å². The first-order valence-electron chi connectivity index (χ1n) is 8.05. The highest BCUT2D eigenvalue weighted by molar-refractivity contribution is 7.09. The molecule has 2 atom stereocenters. The van der Waals surface area contributed by atoms with E-state index in [4.69, 9.17) is 4.74 Å². The van der Waals surface area contributed by atoms with Crippen molar-refractivity contribution >= 4 is 11.3 Å². The summed E-state index contributed by atoms with van der Waals surface area (Å²) in [6.45, 7) is 4.83. The lowest BCUT2D eigenvalue weighted by Crippen LogP contribution is -2.44. The van der Waals surface area contributed by atoms with Crippen LogP contribution in [0.15, 0.2) is 29.6 Å². The van der Waals surface area contributed by atoms with E-state index >= 15 is 0 Å². The van der Waals surface area contributed by atoms with Gasteiger partial charge in [0.2, 0.25) is 0 Å². The highest BCUT2D eigenvalue weighted by atomic mass is 32.1. The van der Waals surface area contributed by atoms with Gasteiger partial charge in [-0.3, -0.25) is 4.90 Å². The van der Waals surface area contributed by atoms with Crippen LogP contribution in [0.4, 0.5) is 4.39 Å². The Bertz CT molecular complexity index is 645. The zero-order valence-corrected chi connectivity index (χ0v) is 14.5. The molecule has 5 heteroatoms. The molecule has 3 nitrogen and oxygen atoms in total. The second-order valence-corrected chi connectivity index (χ2v) is 7.27. The Morgan fingerprint density at radius 3 is 2.91 bits per heavy atom. The van der Waals surface area contributed by atoms with Crippen molar-refractivity contribution in [1.82, 2.24) is 9.88 Å². The molecule has 2 heterocycles. The molecule has 2 aromatic rings. The van der Waals surface area contributed by atoms with Gasteiger partial charge >= 0.3 is 0 Å². The van der Waals surface area contributed by atoms with E-state index in [1.165, 1.54) is 6.07 Å². The molecule has 0 aliphatic carbocycles. The first-order chi connectivity index (χ1) is 11.2. The fraction of sp³-hybridized carbons (Fsp3) is 0.500. The van der Waals surface area contributed by atoms with Crippen molar-refractivity contribution in [2.24, 2.45) is 5.92 Å². The van der Waals surface area contributed by atoms with Crippen LogP contribution in [-0.4, -0.2) is 36.2 Å². The highest BCUT2D eigenvalue weighted by Gasteiger charge is 2.30. The minimum atomic E-state index is -0.116. The Kier molecular flexibility index (Phi) is 5.41. The van der Waals surface area contributed by atoms with E-state index < -0.39 is 0 Å². The summed E-state index contributed by atoms with van der Waals surface area (Å²) in [7, 11) is 1.76. The van der Waals surface area contributed by atoms with Crippen molar-refractivity contribution in [3.63, 3.8) is 0 Å². The van der Waals surface area contributed by atoms with E-state index in [0.717, 1.165) is 48.7 Å². The predicted molar refractivity (Wildman–Crippen MR) is 91.1 cm³/mol. The van der Waals surface area contributed by atoms with Gasteiger partial charge in [-0.2, -0.15) is 0 Å². The average Bonchev–Trinajstić information content (AvgIpc) is 2.95. The number of methoxy groups -OCH3 is 1. The van der Waals surface area contributed by atoms with Crippen LogP contribution in [-0.2, 0) is 17.7 Å². The summed E-state index contributed by atoms with van der Waals surface area (Å²) in [6, 6.07) is 7.06. The van der Waals surface area contributed by atoms with Gasteiger partial charge in [0.15, 0.2) is 0 Å². The Hall–Kier alpha value is -1.30. The second kappa shape index (κ2) is 7.51. The van der Waals surface area contributed by atoms with Gasteiger partial charge in [-0.25, -0.2) is 9.37 Å². The van der Waals surface area contributed by atoms with Gasteiger partial charge in [-0.15, -0.1) is 11.3 Å². The van der Waals surface area contributed by atoms with Gasteiger partial charge in [-0.05, 0) is 31.4 Å². The molecule has 0 saturated carbocycles. The molecule has 1 aromatic heterocycles. The summed E-state index contributed by atoms with van der Waals surface area (Å²) < 4.78 is 19.6. The summed E-state index contributed by atoms with van der Waals surface area (Å²) in [5.41, 5.74) is 1.92. The Balaban J connectivity index is 1.67. The maximum Gasteiger partial charge on any atom is 0.126 e. The number of ether oxygens (including phenoxy) is 1. The second-order valence-electron chi connectivity index (χ2n) is 6.21. The standard InChI is InChI=1S/C18H23FN2OS/c1-13-20-16(12-23-13)11-21-8-7-18(22-2)15(10-21)9-14-5-3-4-6-17(14)19/h3-6,12,15,18H,7-11H2,1-2H3/t15-,18+/m1/s1. The number of thiazole rings is 1. The summed E-state index contributed by atoms with van der Waals surface area (Å²) >= 11 is 1.69. The summed E-state index contributed by atoms with van der Waals surface area (Å²) in [6.07, 6.45) is 1.90. The largest absolute Gasteiger partial charge is 0.381 e. The Labute approximate surface area is 141 Å². The van der Waals surface area contributed by atoms with Crippen molar-refractivity contribution in [2.45, 2.75) is 32.4 Å². The number of hydrogen-bond donors (Lipinski definition) is 0. The van der Waals surface area contributed by atoms with Gasteiger partial charge < -0.3 is 4.74 Å². The van der Waals surface area contributed by atoms with Crippen molar-refractivity contribution < 1.29 is 9.13 Å². The molecule has 1 fully saturated rings. The quantitative estimate of drug-likeness (QED) is 0.834. The lowest BCUT2D eigenvalue weighted by molar-refractivity contribution is -0.00899. The van der Waals surface area contributed by atoms with Crippen LogP contribution in [0, 0.1) is 18.7 Å². The van der Waals surface area contributed by atoms with E-state index in [1.807, 2.05) is 19.1 Å². The number of hydrogen-bond acceptors (Lipinski definition) is 4. The van der Waals surface area contributed by atoms with Gasteiger partial charge in [-0.1, -0.05) is 18.2 Å². The number of aryl methyl sites for hydroxylation is 1. The summed E-state index contributed by atoms with van der Waals surface area (Å²) in [5, 5.41) is 3.23. The number of likely N-dealkylation sites (tertiary alicyclic amines) is 1.